The van der Waals surface area contributed by atoms with Gasteiger partial charge in [-0.2, -0.15) is 0 Å². The molecule has 1 heterocycles. The fourth-order valence-electron chi connectivity index (χ4n) is 2.03. The highest BCUT2D eigenvalue weighted by molar-refractivity contribution is 9.10. The summed E-state index contributed by atoms with van der Waals surface area (Å²) in [5.74, 6) is 0.326. The highest BCUT2D eigenvalue weighted by atomic mass is 79.9. The summed E-state index contributed by atoms with van der Waals surface area (Å²) in [6.45, 7) is 2.97. The Morgan fingerprint density at radius 2 is 2.00 bits per heavy atom. The van der Waals surface area contributed by atoms with Gasteiger partial charge in [-0.3, -0.25) is 4.90 Å². The van der Waals surface area contributed by atoms with Gasteiger partial charge in [0.15, 0.2) is 0 Å². The maximum Gasteiger partial charge on any atom is 0.115 e. The van der Waals surface area contributed by atoms with E-state index in [2.05, 4.69) is 20.8 Å². The molecule has 3 nitrogen and oxygen atoms in total. The van der Waals surface area contributed by atoms with Crippen LogP contribution in [0.2, 0.25) is 0 Å². The van der Waals surface area contributed by atoms with Gasteiger partial charge in [0.1, 0.15) is 5.75 Å². The quantitative estimate of drug-likeness (QED) is 0.880. The van der Waals surface area contributed by atoms with Crippen LogP contribution in [0, 0.1) is 0 Å². The number of phenols is 1. The number of phenolic OH excluding ortho intramolecular Hbond substituents is 1. The van der Waals surface area contributed by atoms with Crippen LogP contribution < -0.4 is 5.73 Å². The Morgan fingerprint density at radius 3 is 2.65 bits per heavy atom. The van der Waals surface area contributed by atoms with Gasteiger partial charge in [0.2, 0.25) is 0 Å². The van der Waals surface area contributed by atoms with Crippen molar-refractivity contribution >= 4 is 28.3 Å². The van der Waals surface area contributed by atoms with Gasteiger partial charge in [0, 0.05) is 17.1 Å². The molecule has 1 fully saturated rings. The fourth-order valence-corrected chi connectivity index (χ4v) is 2.41. The largest absolute Gasteiger partial charge is 0.508 e. The number of halogens is 2. The molecule has 1 aliphatic rings. The zero-order chi connectivity index (χ0) is 11.5. The highest BCUT2D eigenvalue weighted by Crippen LogP contribution is 2.24. The number of piperidine rings is 1. The Morgan fingerprint density at radius 1 is 1.35 bits per heavy atom. The van der Waals surface area contributed by atoms with E-state index in [0.717, 1.165) is 42.5 Å². The first-order valence-corrected chi connectivity index (χ1v) is 6.40. The van der Waals surface area contributed by atoms with Gasteiger partial charge in [-0.15, -0.1) is 12.4 Å². The van der Waals surface area contributed by atoms with E-state index in [1.165, 1.54) is 0 Å². The number of hydrogen-bond donors (Lipinski definition) is 2. The number of nitrogens with zero attached hydrogens (tertiary/aromatic N) is 1. The normalized spacial score (nSPS) is 17.8. The van der Waals surface area contributed by atoms with E-state index in [1.807, 2.05) is 12.1 Å². The van der Waals surface area contributed by atoms with E-state index in [9.17, 15) is 5.11 Å². The number of hydrogen-bond acceptors (Lipinski definition) is 3. The van der Waals surface area contributed by atoms with Crippen LogP contribution in [-0.2, 0) is 6.54 Å². The summed E-state index contributed by atoms with van der Waals surface area (Å²) < 4.78 is 1.06. The molecule has 0 saturated carbocycles. The topological polar surface area (TPSA) is 49.5 Å². The van der Waals surface area contributed by atoms with Gasteiger partial charge in [0.25, 0.3) is 0 Å². The molecule has 17 heavy (non-hydrogen) atoms. The van der Waals surface area contributed by atoms with Crippen molar-refractivity contribution in [3.05, 3.63) is 28.2 Å². The van der Waals surface area contributed by atoms with E-state index < -0.39 is 0 Å². The van der Waals surface area contributed by atoms with Gasteiger partial charge in [-0.05, 0) is 49.7 Å². The zero-order valence-electron chi connectivity index (χ0n) is 9.60. The third kappa shape index (κ3) is 4.14. The highest BCUT2D eigenvalue weighted by Gasteiger charge is 2.16. The molecular formula is C12H18BrClN2O. The molecule has 0 aromatic heterocycles. The van der Waals surface area contributed by atoms with Crippen molar-refractivity contribution in [1.29, 1.82) is 0 Å². The lowest BCUT2D eigenvalue weighted by Gasteiger charge is -2.30. The van der Waals surface area contributed by atoms with Gasteiger partial charge < -0.3 is 10.8 Å². The molecule has 1 saturated heterocycles. The molecular weight excluding hydrogens is 304 g/mol. The minimum absolute atomic E-state index is 0. The monoisotopic (exact) mass is 320 g/mol. The Labute approximate surface area is 117 Å². The summed E-state index contributed by atoms with van der Waals surface area (Å²) in [7, 11) is 0. The second-order valence-electron chi connectivity index (χ2n) is 4.39. The SMILES string of the molecule is Cl.NC1CCN(Cc2cc(O)ccc2Br)CC1. The van der Waals surface area contributed by atoms with Crippen LogP contribution in [0.25, 0.3) is 0 Å². The van der Waals surface area contributed by atoms with Gasteiger partial charge in [-0.25, -0.2) is 0 Å². The molecule has 0 spiro atoms. The van der Waals surface area contributed by atoms with Crippen molar-refractivity contribution in [3.8, 4) is 5.75 Å². The molecule has 0 bridgehead atoms. The number of aromatic hydroxyl groups is 1. The molecule has 0 atom stereocenters. The third-order valence-corrected chi connectivity index (χ3v) is 3.83. The van der Waals surface area contributed by atoms with Crippen LogP contribution in [0.1, 0.15) is 18.4 Å². The first-order chi connectivity index (χ1) is 7.65. The molecule has 3 N–H and O–H groups in total. The van der Waals surface area contributed by atoms with Crippen molar-refractivity contribution in [3.63, 3.8) is 0 Å². The van der Waals surface area contributed by atoms with Gasteiger partial charge in [0.05, 0.1) is 0 Å². The smallest absolute Gasteiger partial charge is 0.115 e. The maximum absolute atomic E-state index is 9.45. The zero-order valence-corrected chi connectivity index (χ0v) is 12.0. The van der Waals surface area contributed by atoms with Crippen molar-refractivity contribution in [2.45, 2.75) is 25.4 Å². The number of nitrogens with two attached hydrogens (primary N) is 1. The predicted molar refractivity (Wildman–Crippen MR) is 75.5 cm³/mol. The molecule has 96 valence electrons. The molecule has 5 heteroatoms. The molecule has 1 aliphatic heterocycles. The van der Waals surface area contributed by atoms with Crippen molar-refractivity contribution in [1.82, 2.24) is 4.90 Å². The summed E-state index contributed by atoms with van der Waals surface area (Å²) in [6.07, 6.45) is 2.13. The number of rotatable bonds is 2. The van der Waals surface area contributed by atoms with Gasteiger partial charge in [-0.1, -0.05) is 15.9 Å². The van der Waals surface area contributed by atoms with Crippen LogP contribution in [-0.4, -0.2) is 29.1 Å². The predicted octanol–water partition coefficient (Wildman–Crippen LogP) is 2.50. The lowest BCUT2D eigenvalue weighted by atomic mass is 10.1. The summed E-state index contributed by atoms with van der Waals surface area (Å²) in [6, 6.07) is 5.77. The molecule has 2 rings (SSSR count). The second kappa shape index (κ2) is 6.59. The van der Waals surface area contributed by atoms with Crippen LogP contribution in [0.15, 0.2) is 22.7 Å². The van der Waals surface area contributed by atoms with E-state index in [4.69, 9.17) is 5.73 Å². The standard InChI is InChI=1S/C12H17BrN2O.ClH/c13-12-2-1-11(16)7-9(12)8-15-5-3-10(14)4-6-15;/h1-2,7,10,16H,3-6,8,14H2;1H. The van der Waals surface area contributed by atoms with Crippen LogP contribution in [0.3, 0.4) is 0 Å². The van der Waals surface area contributed by atoms with E-state index in [-0.39, 0.29) is 12.4 Å². The summed E-state index contributed by atoms with van der Waals surface area (Å²) >= 11 is 3.51. The Balaban J connectivity index is 0.00000144. The van der Waals surface area contributed by atoms with Crippen LogP contribution >= 0.6 is 28.3 Å². The molecule has 1 aromatic rings. The van der Waals surface area contributed by atoms with Crippen LogP contribution in [0.5, 0.6) is 5.75 Å². The average Bonchev–Trinajstić information content (AvgIpc) is 2.27. The summed E-state index contributed by atoms with van der Waals surface area (Å²) in [5.41, 5.74) is 7.00. The van der Waals surface area contributed by atoms with E-state index in [1.54, 1.807) is 6.07 Å². The molecule has 0 amide bonds. The van der Waals surface area contributed by atoms with Crippen LogP contribution in [0.4, 0.5) is 0 Å². The van der Waals surface area contributed by atoms with E-state index >= 15 is 0 Å². The molecule has 0 radical (unpaired) electrons. The third-order valence-electron chi connectivity index (χ3n) is 3.06. The van der Waals surface area contributed by atoms with Crippen molar-refractivity contribution in [2.24, 2.45) is 5.73 Å². The second-order valence-corrected chi connectivity index (χ2v) is 5.24. The maximum atomic E-state index is 9.45. The Kier molecular flexibility index (Phi) is 5.73. The fraction of sp³-hybridized carbons (Fsp3) is 0.500. The summed E-state index contributed by atoms with van der Waals surface area (Å²) in [5, 5.41) is 9.45. The first kappa shape index (κ1) is 14.8. The molecule has 0 unspecified atom stereocenters. The average molecular weight is 322 g/mol. The lowest BCUT2D eigenvalue weighted by molar-refractivity contribution is 0.205. The number of likely N-dealkylation sites (tertiary alicyclic amines) is 1. The van der Waals surface area contributed by atoms with Gasteiger partial charge >= 0.3 is 0 Å². The van der Waals surface area contributed by atoms with E-state index in [0.29, 0.717) is 11.8 Å². The molecule has 0 aliphatic carbocycles. The molecule has 1 aromatic carbocycles. The van der Waals surface area contributed by atoms with Crippen molar-refractivity contribution in [2.75, 3.05) is 13.1 Å². The van der Waals surface area contributed by atoms with Crippen molar-refractivity contribution < 1.29 is 5.11 Å². The lowest BCUT2D eigenvalue weighted by Crippen LogP contribution is -2.39. The minimum Gasteiger partial charge on any atom is -0.508 e. The minimum atomic E-state index is 0. The Hall–Kier alpha value is -0.290. The number of benzene rings is 1. The Bertz CT molecular complexity index is 368. The summed E-state index contributed by atoms with van der Waals surface area (Å²) in [4.78, 5) is 2.38. The first-order valence-electron chi connectivity index (χ1n) is 5.60.